The Kier molecular flexibility index (Phi) is 3.97. The van der Waals surface area contributed by atoms with E-state index < -0.39 is 17.7 Å². The molecule has 1 aromatic carbocycles. The second-order valence-electron chi connectivity index (χ2n) is 2.88. The van der Waals surface area contributed by atoms with Gasteiger partial charge in [0.05, 0.1) is 10.6 Å². The minimum absolute atomic E-state index is 0.0832. The number of hydrogen-bond donors (Lipinski definition) is 2. The number of halogens is 3. The van der Waals surface area contributed by atoms with Gasteiger partial charge in [-0.3, -0.25) is 0 Å². The molecule has 0 bridgehead atoms. The Morgan fingerprint density at radius 1 is 1.43 bits per heavy atom. The van der Waals surface area contributed by atoms with Gasteiger partial charge in [-0.15, -0.1) is 0 Å². The molecule has 0 amide bonds. The third-order valence-corrected chi connectivity index (χ3v) is 2.66. The lowest BCUT2D eigenvalue weighted by Crippen LogP contribution is -2.08. The number of benzene rings is 1. The maximum atomic E-state index is 13.0. The minimum Gasteiger partial charge on any atom is -0.388 e. The van der Waals surface area contributed by atoms with Gasteiger partial charge in [0.15, 0.2) is 0 Å². The van der Waals surface area contributed by atoms with Crippen molar-refractivity contribution in [1.82, 2.24) is 0 Å². The largest absolute Gasteiger partial charge is 0.388 e. The van der Waals surface area contributed by atoms with Gasteiger partial charge in [0.2, 0.25) is 0 Å². The zero-order valence-corrected chi connectivity index (χ0v) is 8.89. The number of hydrogen-bond acceptors (Lipinski definition) is 2. The number of rotatable bonds is 3. The van der Waals surface area contributed by atoms with E-state index >= 15 is 0 Å². The summed E-state index contributed by atoms with van der Waals surface area (Å²) in [5.74, 6) is -1.44. The smallest absolute Gasteiger partial charge is 0.140 e. The molecule has 5 heteroatoms. The first-order valence-corrected chi connectivity index (χ1v) is 4.88. The zero-order valence-electron chi connectivity index (χ0n) is 7.30. The van der Waals surface area contributed by atoms with Crippen molar-refractivity contribution < 1.29 is 13.9 Å². The van der Waals surface area contributed by atoms with Crippen LogP contribution in [0.2, 0.25) is 0 Å². The standard InChI is InChI=1S/C9H10BrF2NO/c10-9-6(8(14)1-2-13)3-5(11)4-7(9)12/h3-4,8,14H,1-2,13H2. The molecule has 0 saturated heterocycles. The molecule has 1 aromatic rings. The van der Waals surface area contributed by atoms with Crippen molar-refractivity contribution in [2.45, 2.75) is 12.5 Å². The first kappa shape index (κ1) is 11.6. The molecule has 3 N–H and O–H groups in total. The Balaban J connectivity index is 3.07. The lowest BCUT2D eigenvalue weighted by atomic mass is 10.1. The summed E-state index contributed by atoms with van der Waals surface area (Å²) in [6, 6.07) is 1.84. The molecule has 1 rings (SSSR count). The van der Waals surface area contributed by atoms with Gasteiger partial charge in [-0.1, -0.05) is 0 Å². The van der Waals surface area contributed by atoms with Crippen molar-refractivity contribution in [3.63, 3.8) is 0 Å². The van der Waals surface area contributed by atoms with Gasteiger partial charge in [0, 0.05) is 11.6 Å². The summed E-state index contributed by atoms with van der Waals surface area (Å²) in [6.45, 7) is 0.256. The molecule has 0 radical (unpaired) electrons. The van der Waals surface area contributed by atoms with Crippen molar-refractivity contribution >= 4 is 15.9 Å². The van der Waals surface area contributed by atoms with Crippen molar-refractivity contribution in [2.75, 3.05) is 6.54 Å². The van der Waals surface area contributed by atoms with E-state index in [1.807, 2.05) is 0 Å². The van der Waals surface area contributed by atoms with Crippen LogP contribution in [0.1, 0.15) is 18.1 Å². The van der Waals surface area contributed by atoms with Crippen molar-refractivity contribution in [2.24, 2.45) is 5.73 Å². The highest BCUT2D eigenvalue weighted by molar-refractivity contribution is 9.10. The number of aliphatic hydroxyl groups is 1. The van der Waals surface area contributed by atoms with Crippen molar-refractivity contribution in [1.29, 1.82) is 0 Å². The van der Waals surface area contributed by atoms with Gasteiger partial charge < -0.3 is 10.8 Å². The van der Waals surface area contributed by atoms with Crippen molar-refractivity contribution in [3.8, 4) is 0 Å². The third kappa shape index (κ3) is 2.50. The minimum atomic E-state index is -0.945. The molecule has 14 heavy (non-hydrogen) atoms. The van der Waals surface area contributed by atoms with Crippen LogP contribution < -0.4 is 5.73 Å². The normalized spacial score (nSPS) is 12.9. The van der Waals surface area contributed by atoms with E-state index in [2.05, 4.69) is 15.9 Å². The summed E-state index contributed by atoms with van der Waals surface area (Å²) in [5, 5.41) is 9.51. The Bertz CT molecular complexity index is 333. The Hall–Kier alpha value is -0.520. The number of nitrogens with two attached hydrogens (primary N) is 1. The van der Waals surface area contributed by atoms with Crippen LogP contribution in [0.25, 0.3) is 0 Å². The molecule has 2 nitrogen and oxygen atoms in total. The quantitative estimate of drug-likeness (QED) is 0.823. The van der Waals surface area contributed by atoms with E-state index in [1.165, 1.54) is 0 Å². The van der Waals surface area contributed by atoms with Gasteiger partial charge in [-0.25, -0.2) is 8.78 Å². The van der Waals surface area contributed by atoms with Crippen LogP contribution in [0, 0.1) is 11.6 Å². The van der Waals surface area contributed by atoms with Crippen LogP contribution in [-0.4, -0.2) is 11.7 Å². The molecule has 0 heterocycles. The first-order valence-electron chi connectivity index (χ1n) is 4.09. The summed E-state index contributed by atoms with van der Waals surface area (Å²) >= 11 is 2.94. The maximum Gasteiger partial charge on any atom is 0.140 e. The molecule has 0 aliphatic heterocycles. The van der Waals surface area contributed by atoms with Crippen LogP contribution in [0.5, 0.6) is 0 Å². The van der Waals surface area contributed by atoms with Gasteiger partial charge in [-0.05, 0) is 35.0 Å². The Morgan fingerprint density at radius 3 is 2.64 bits per heavy atom. The SMILES string of the molecule is NCCC(O)c1cc(F)cc(F)c1Br. The van der Waals surface area contributed by atoms with E-state index in [4.69, 9.17) is 5.73 Å². The van der Waals surface area contributed by atoms with Gasteiger partial charge >= 0.3 is 0 Å². The summed E-state index contributed by atoms with van der Waals surface area (Å²) in [4.78, 5) is 0. The fraction of sp³-hybridized carbons (Fsp3) is 0.333. The molecule has 1 unspecified atom stereocenters. The van der Waals surface area contributed by atoms with E-state index in [0.29, 0.717) is 0 Å². The molecule has 0 saturated carbocycles. The monoisotopic (exact) mass is 265 g/mol. The lowest BCUT2D eigenvalue weighted by Gasteiger charge is -2.12. The Morgan fingerprint density at radius 2 is 2.07 bits per heavy atom. The molecule has 0 aliphatic carbocycles. The van der Waals surface area contributed by atoms with Crippen LogP contribution in [0.4, 0.5) is 8.78 Å². The highest BCUT2D eigenvalue weighted by Crippen LogP contribution is 2.28. The fourth-order valence-electron chi connectivity index (χ4n) is 1.13. The molecule has 0 spiro atoms. The van der Waals surface area contributed by atoms with E-state index in [-0.39, 0.29) is 23.0 Å². The molecule has 0 fully saturated rings. The van der Waals surface area contributed by atoms with E-state index in [0.717, 1.165) is 12.1 Å². The van der Waals surface area contributed by atoms with Crippen LogP contribution in [0.3, 0.4) is 0 Å². The second-order valence-corrected chi connectivity index (χ2v) is 3.68. The average Bonchev–Trinajstić information content (AvgIpc) is 2.11. The average molecular weight is 266 g/mol. The molecule has 1 atom stereocenters. The first-order chi connectivity index (χ1) is 6.56. The maximum absolute atomic E-state index is 13.0. The van der Waals surface area contributed by atoms with E-state index in [9.17, 15) is 13.9 Å². The lowest BCUT2D eigenvalue weighted by molar-refractivity contribution is 0.168. The molecule has 78 valence electrons. The summed E-state index contributed by atoms with van der Waals surface area (Å²) in [7, 11) is 0. The third-order valence-electron chi connectivity index (χ3n) is 1.82. The summed E-state index contributed by atoms with van der Waals surface area (Å²) in [5.41, 5.74) is 5.42. The zero-order chi connectivity index (χ0) is 10.7. The summed E-state index contributed by atoms with van der Waals surface area (Å²) in [6.07, 6.45) is -0.679. The topological polar surface area (TPSA) is 46.2 Å². The van der Waals surface area contributed by atoms with Crippen LogP contribution in [-0.2, 0) is 0 Å². The number of aliphatic hydroxyl groups excluding tert-OH is 1. The highest BCUT2D eigenvalue weighted by atomic mass is 79.9. The van der Waals surface area contributed by atoms with Crippen LogP contribution >= 0.6 is 15.9 Å². The van der Waals surface area contributed by atoms with Gasteiger partial charge in [0.25, 0.3) is 0 Å². The molecular formula is C9H10BrF2NO. The highest BCUT2D eigenvalue weighted by Gasteiger charge is 2.15. The molecule has 0 aromatic heterocycles. The fourth-order valence-corrected chi connectivity index (χ4v) is 1.62. The molecule has 0 aliphatic rings. The predicted octanol–water partition coefficient (Wildman–Crippen LogP) is 2.11. The van der Waals surface area contributed by atoms with E-state index in [1.54, 1.807) is 0 Å². The molecular weight excluding hydrogens is 256 g/mol. The predicted molar refractivity (Wildman–Crippen MR) is 52.7 cm³/mol. The van der Waals surface area contributed by atoms with Gasteiger partial charge in [-0.2, -0.15) is 0 Å². The van der Waals surface area contributed by atoms with Crippen molar-refractivity contribution in [3.05, 3.63) is 33.8 Å². The van der Waals surface area contributed by atoms with Gasteiger partial charge in [0.1, 0.15) is 11.6 Å². The second kappa shape index (κ2) is 4.82. The Labute approximate surface area is 88.9 Å². The van der Waals surface area contributed by atoms with Crippen LogP contribution in [0.15, 0.2) is 16.6 Å². The summed E-state index contributed by atoms with van der Waals surface area (Å²) < 4.78 is 25.9.